The van der Waals surface area contributed by atoms with Gasteiger partial charge < -0.3 is 4.74 Å². The van der Waals surface area contributed by atoms with E-state index < -0.39 is 43.2 Å². The number of halogens is 4. The summed E-state index contributed by atoms with van der Waals surface area (Å²) in [7, 11) is 0. The second-order valence-electron chi connectivity index (χ2n) is 4.60. The molecule has 0 saturated carbocycles. The minimum atomic E-state index is -3.39. The average molecular weight is 258 g/mol. The van der Waals surface area contributed by atoms with E-state index in [2.05, 4.69) is 4.74 Å². The number of carbonyl (C=O) groups is 1. The molecule has 0 heterocycles. The number of esters is 1. The molecule has 0 amide bonds. The monoisotopic (exact) mass is 258 g/mol. The summed E-state index contributed by atoms with van der Waals surface area (Å²) in [4.78, 5) is 11.4. The SMILES string of the molecule is CCC(C)(C)C(=O)OCC(F)(F)CCC(F)F. The van der Waals surface area contributed by atoms with E-state index in [9.17, 15) is 22.4 Å². The van der Waals surface area contributed by atoms with Crippen molar-refractivity contribution >= 4 is 5.97 Å². The van der Waals surface area contributed by atoms with E-state index in [1.165, 1.54) is 0 Å². The summed E-state index contributed by atoms with van der Waals surface area (Å²) in [5.41, 5.74) is -0.835. The van der Waals surface area contributed by atoms with Crippen LogP contribution in [0.3, 0.4) is 0 Å². The van der Waals surface area contributed by atoms with E-state index in [0.717, 1.165) is 0 Å². The number of rotatable bonds is 7. The Morgan fingerprint density at radius 3 is 2.24 bits per heavy atom. The van der Waals surface area contributed by atoms with Crippen molar-refractivity contribution in [1.29, 1.82) is 0 Å². The van der Waals surface area contributed by atoms with Crippen LogP contribution in [-0.4, -0.2) is 24.9 Å². The Kier molecular flexibility index (Phi) is 5.92. The second-order valence-corrected chi connectivity index (χ2v) is 4.60. The van der Waals surface area contributed by atoms with Crippen molar-refractivity contribution in [2.24, 2.45) is 5.41 Å². The number of carbonyl (C=O) groups excluding carboxylic acids is 1. The number of hydrogen-bond donors (Lipinski definition) is 0. The zero-order valence-electron chi connectivity index (χ0n) is 10.2. The fraction of sp³-hybridized carbons (Fsp3) is 0.909. The van der Waals surface area contributed by atoms with Gasteiger partial charge in [-0.3, -0.25) is 4.79 Å². The summed E-state index contributed by atoms with van der Waals surface area (Å²) in [5, 5.41) is 0. The third kappa shape index (κ3) is 6.48. The number of ether oxygens (including phenoxy) is 1. The fourth-order valence-corrected chi connectivity index (χ4v) is 0.903. The lowest BCUT2D eigenvalue weighted by Crippen LogP contribution is -2.32. The summed E-state index contributed by atoms with van der Waals surface area (Å²) < 4.78 is 54.0. The normalized spacial score (nSPS) is 12.9. The summed E-state index contributed by atoms with van der Waals surface area (Å²) in [6.07, 6.45) is -4.20. The molecule has 0 aliphatic heterocycles. The molecular weight excluding hydrogens is 240 g/mol. The van der Waals surface area contributed by atoms with Gasteiger partial charge in [0.25, 0.3) is 5.92 Å². The molecule has 0 aromatic carbocycles. The van der Waals surface area contributed by atoms with Crippen molar-refractivity contribution in [1.82, 2.24) is 0 Å². The Balaban J connectivity index is 4.13. The van der Waals surface area contributed by atoms with Crippen LogP contribution in [0.25, 0.3) is 0 Å². The van der Waals surface area contributed by atoms with Gasteiger partial charge in [-0.2, -0.15) is 0 Å². The third-order valence-electron chi connectivity index (χ3n) is 2.58. The smallest absolute Gasteiger partial charge is 0.311 e. The van der Waals surface area contributed by atoms with Crippen LogP contribution in [0.5, 0.6) is 0 Å². The van der Waals surface area contributed by atoms with Gasteiger partial charge in [0, 0.05) is 12.8 Å². The summed E-state index contributed by atoms with van der Waals surface area (Å²) in [5.74, 6) is -4.13. The first kappa shape index (κ1) is 16.2. The molecule has 0 saturated heterocycles. The summed E-state index contributed by atoms with van der Waals surface area (Å²) in [6.45, 7) is 3.75. The van der Waals surface area contributed by atoms with Crippen LogP contribution in [0.15, 0.2) is 0 Å². The average Bonchev–Trinajstić information content (AvgIpc) is 2.23. The zero-order chi connectivity index (χ0) is 13.7. The van der Waals surface area contributed by atoms with Crippen molar-refractivity contribution in [2.75, 3.05) is 6.61 Å². The van der Waals surface area contributed by atoms with Crippen LogP contribution >= 0.6 is 0 Å². The molecule has 0 atom stereocenters. The van der Waals surface area contributed by atoms with E-state index >= 15 is 0 Å². The summed E-state index contributed by atoms with van der Waals surface area (Å²) >= 11 is 0. The Bertz CT molecular complexity index is 252. The van der Waals surface area contributed by atoms with E-state index in [1.54, 1.807) is 20.8 Å². The molecule has 17 heavy (non-hydrogen) atoms. The molecule has 0 aromatic rings. The molecule has 0 aliphatic carbocycles. The van der Waals surface area contributed by atoms with Crippen molar-refractivity contribution in [3.63, 3.8) is 0 Å². The van der Waals surface area contributed by atoms with Crippen LogP contribution in [0.4, 0.5) is 17.6 Å². The van der Waals surface area contributed by atoms with Crippen LogP contribution < -0.4 is 0 Å². The van der Waals surface area contributed by atoms with Crippen LogP contribution in [0, 0.1) is 5.41 Å². The van der Waals surface area contributed by atoms with Crippen LogP contribution in [-0.2, 0) is 9.53 Å². The molecule has 2 nitrogen and oxygen atoms in total. The Hall–Kier alpha value is -0.810. The molecule has 0 bridgehead atoms. The first-order valence-corrected chi connectivity index (χ1v) is 5.44. The molecule has 0 rings (SSSR count). The Morgan fingerprint density at radius 1 is 1.29 bits per heavy atom. The lowest BCUT2D eigenvalue weighted by molar-refractivity contribution is -0.166. The van der Waals surface area contributed by atoms with Gasteiger partial charge in [-0.15, -0.1) is 0 Å². The molecular formula is C11H18F4O2. The predicted molar refractivity (Wildman–Crippen MR) is 55.2 cm³/mol. The van der Waals surface area contributed by atoms with E-state index in [4.69, 9.17) is 0 Å². The molecule has 102 valence electrons. The molecule has 0 fully saturated rings. The van der Waals surface area contributed by atoms with Gasteiger partial charge >= 0.3 is 5.97 Å². The van der Waals surface area contributed by atoms with Crippen LogP contribution in [0.2, 0.25) is 0 Å². The minimum Gasteiger partial charge on any atom is -0.459 e. The van der Waals surface area contributed by atoms with Crippen molar-refractivity contribution in [2.45, 2.75) is 52.4 Å². The maximum atomic E-state index is 13.0. The molecule has 0 radical (unpaired) electrons. The topological polar surface area (TPSA) is 26.3 Å². The van der Waals surface area contributed by atoms with Gasteiger partial charge in [-0.1, -0.05) is 6.92 Å². The maximum Gasteiger partial charge on any atom is 0.311 e. The van der Waals surface area contributed by atoms with E-state index in [0.29, 0.717) is 6.42 Å². The van der Waals surface area contributed by atoms with E-state index in [1.807, 2.05) is 0 Å². The standard InChI is InChI=1S/C11H18F4O2/c1-4-10(2,3)9(16)17-7-11(14,15)6-5-8(12)13/h8H,4-7H2,1-3H3. The highest BCUT2D eigenvalue weighted by atomic mass is 19.3. The first-order chi connectivity index (χ1) is 7.60. The van der Waals surface area contributed by atoms with Gasteiger partial charge in [0.15, 0.2) is 6.61 Å². The zero-order valence-corrected chi connectivity index (χ0v) is 10.2. The molecule has 6 heteroatoms. The minimum absolute atomic E-state index is 0.453. The highest BCUT2D eigenvalue weighted by Gasteiger charge is 2.34. The van der Waals surface area contributed by atoms with E-state index in [-0.39, 0.29) is 0 Å². The van der Waals surface area contributed by atoms with Gasteiger partial charge in [0.2, 0.25) is 6.43 Å². The first-order valence-electron chi connectivity index (χ1n) is 5.44. The number of alkyl halides is 4. The highest BCUT2D eigenvalue weighted by Crippen LogP contribution is 2.26. The number of hydrogen-bond acceptors (Lipinski definition) is 2. The molecule has 0 N–H and O–H groups in total. The molecule has 0 aliphatic rings. The molecule has 0 aromatic heterocycles. The third-order valence-corrected chi connectivity index (χ3v) is 2.58. The van der Waals surface area contributed by atoms with Crippen molar-refractivity contribution in [3.05, 3.63) is 0 Å². The van der Waals surface area contributed by atoms with Crippen LogP contribution in [0.1, 0.15) is 40.0 Å². The van der Waals surface area contributed by atoms with Gasteiger partial charge in [0.05, 0.1) is 5.41 Å². The highest BCUT2D eigenvalue weighted by molar-refractivity contribution is 5.75. The second kappa shape index (κ2) is 6.21. The summed E-state index contributed by atoms with van der Waals surface area (Å²) in [6, 6.07) is 0. The largest absolute Gasteiger partial charge is 0.459 e. The van der Waals surface area contributed by atoms with Gasteiger partial charge in [-0.05, 0) is 20.3 Å². The lowest BCUT2D eigenvalue weighted by atomic mass is 9.91. The van der Waals surface area contributed by atoms with Crippen molar-refractivity contribution < 1.29 is 27.1 Å². The molecule has 0 unspecified atom stereocenters. The Morgan fingerprint density at radius 2 is 1.82 bits per heavy atom. The van der Waals surface area contributed by atoms with Gasteiger partial charge in [0.1, 0.15) is 0 Å². The fourth-order valence-electron chi connectivity index (χ4n) is 0.903. The van der Waals surface area contributed by atoms with Gasteiger partial charge in [-0.25, -0.2) is 17.6 Å². The lowest BCUT2D eigenvalue weighted by Gasteiger charge is -2.23. The quantitative estimate of drug-likeness (QED) is 0.514. The molecule has 0 spiro atoms. The maximum absolute atomic E-state index is 13.0. The Labute approximate surface area is 98.3 Å². The van der Waals surface area contributed by atoms with Crippen molar-refractivity contribution in [3.8, 4) is 0 Å². The predicted octanol–water partition coefficient (Wildman–Crippen LogP) is 3.65.